The molecule has 0 aromatic heterocycles. The Morgan fingerprint density at radius 3 is 2.48 bits per heavy atom. The van der Waals surface area contributed by atoms with Crippen molar-refractivity contribution in [2.24, 2.45) is 0 Å². The van der Waals surface area contributed by atoms with Crippen molar-refractivity contribution in [3.63, 3.8) is 0 Å². The Kier molecular flexibility index (Phi) is 6.52. The van der Waals surface area contributed by atoms with Crippen LogP contribution in [0.15, 0.2) is 24.3 Å². The minimum atomic E-state index is -0.408. The van der Waals surface area contributed by atoms with Crippen LogP contribution in [0, 0.1) is 0 Å². The highest BCUT2D eigenvalue weighted by atomic mass is 16.2. The van der Waals surface area contributed by atoms with Gasteiger partial charge in [-0.2, -0.15) is 0 Å². The SMILES string of the molecule is CCN(Cc1ccc(C(=O)NCCN2C(=O)CNC2=O)cc1)C(C)C. The second-order valence-electron chi connectivity index (χ2n) is 6.31. The number of nitrogens with zero attached hydrogens (tertiary/aromatic N) is 2. The smallest absolute Gasteiger partial charge is 0.324 e. The van der Waals surface area contributed by atoms with Crippen LogP contribution in [0.4, 0.5) is 4.79 Å². The van der Waals surface area contributed by atoms with Crippen molar-refractivity contribution in [2.75, 3.05) is 26.2 Å². The van der Waals surface area contributed by atoms with E-state index in [1.54, 1.807) is 12.1 Å². The molecule has 1 fully saturated rings. The number of carbonyl (C=O) groups excluding carboxylic acids is 3. The summed E-state index contributed by atoms with van der Waals surface area (Å²) in [6, 6.07) is 7.57. The van der Waals surface area contributed by atoms with Crippen LogP contribution >= 0.6 is 0 Å². The largest absolute Gasteiger partial charge is 0.350 e. The average Bonchev–Trinajstić information content (AvgIpc) is 2.91. The Bertz CT molecular complexity index is 612. The van der Waals surface area contributed by atoms with Gasteiger partial charge in [-0.3, -0.25) is 19.4 Å². The molecule has 0 unspecified atom stereocenters. The summed E-state index contributed by atoms with van der Waals surface area (Å²) in [5, 5.41) is 5.18. The molecule has 0 bridgehead atoms. The maximum Gasteiger partial charge on any atom is 0.324 e. The zero-order valence-corrected chi connectivity index (χ0v) is 15.0. The fourth-order valence-corrected chi connectivity index (χ4v) is 2.72. The summed E-state index contributed by atoms with van der Waals surface area (Å²) in [5.74, 6) is -0.482. The average molecular weight is 346 g/mol. The van der Waals surface area contributed by atoms with Crippen molar-refractivity contribution in [2.45, 2.75) is 33.4 Å². The predicted octanol–water partition coefficient (Wildman–Crippen LogP) is 1.20. The molecule has 1 aliphatic rings. The fraction of sp³-hybridized carbons (Fsp3) is 0.500. The number of imide groups is 1. The summed E-state index contributed by atoms with van der Waals surface area (Å²) in [4.78, 5) is 38.5. The molecule has 2 N–H and O–H groups in total. The third kappa shape index (κ3) is 5.03. The van der Waals surface area contributed by atoms with E-state index in [1.807, 2.05) is 12.1 Å². The molecule has 0 radical (unpaired) electrons. The quantitative estimate of drug-likeness (QED) is 0.693. The molecular formula is C18H26N4O3. The lowest BCUT2D eigenvalue weighted by Crippen LogP contribution is -2.38. The Balaban J connectivity index is 1.83. The first kappa shape index (κ1) is 18.9. The van der Waals surface area contributed by atoms with Crippen LogP contribution in [-0.4, -0.2) is 59.9 Å². The van der Waals surface area contributed by atoms with Gasteiger partial charge < -0.3 is 10.6 Å². The highest BCUT2D eigenvalue weighted by Crippen LogP contribution is 2.10. The van der Waals surface area contributed by atoms with Crippen molar-refractivity contribution in [1.29, 1.82) is 0 Å². The first-order valence-electron chi connectivity index (χ1n) is 8.61. The van der Waals surface area contributed by atoms with E-state index in [-0.39, 0.29) is 31.4 Å². The number of hydrogen-bond acceptors (Lipinski definition) is 4. The first-order valence-corrected chi connectivity index (χ1v) is 8.61. The molecule has 136 valence electrons. The third-order valence-electron chi connectivity index (χ3n) is 4.30. The molecule has 7 heteroatoms. The van der Waals surface area contributed by atoms with Crippen molar-refractivity contribution in [1.82, 2.24) is 20.4 Å². The number of carbonyl (C=O) groups is 3. The third-order valence-corrected chi connectivity index (χ3v) is 4.30. The van der Waals surface area contributed by atoms with Crippen LogP contribution in [0.5, 0.6) is 0 Å². The number of urea groups is 1. The molecule has 0 spiro atoms. The summed E-state index contributed by atoms with van der Waals surface area (Å²) in [6.07, 6.45) is 0. The van der Waals surface area contributed by atoms with E-state index in [9.17, 15) is 14.4 Å². The molecule has 0 atom stereocenters. The Hall–Kier alpha value is -2.41. The van der Waals surface area contributed by atoms with Crippen LogP contribution in [-0.2, 0) is 11.3 Å². The topological polar surface area (TPSA) is 81.8 Å². The van der Waals surface area contributed by atoms with Gasteiger partial charge in [0.2, 0.25) is 5.91 Å². The zero-order valence-electron chi connectivity index (χ0n) is 15.0. The summed E-state index contributed by atoms with van der Waals surface area (Å²) in [7, 11) is 0. The normalized spacial score (nSPS) is 14.4. The highest BCUT2D eigenvalue weighted by molar-refractivity contribution is 6.02. The van der Waals surface area contributed by atoms with Crippen molar-refractivity contribution in [3.8, 4) is 0 Å². The summed E-state index contributed by atoms with van der Waals surface area (Å²) < 4.78 is 0. The molecule has 1 aromatic rings. The van der Waals surface area contributed by atoms with E-state index in [0.29, 0.717) is 11.6 Å². The molecule has 7 nitrogen and oxygen atoms in total. The molecule has 1 aliphatic heterocycles. The molecule has 2 rings (SSSR count). The summed E-state index contributed by atoms with van der Waals surface area (Å²) in [5.41, 5.74) is 1.72. The fourth-order valence-electron chi connectivity index (χ4n) is 2.72. The van der Waals surface area contributed by atoms with Crippen LogP contribution in [0.3, 0.4) is 0 Å². The van der Waals surface area contributed by atoms with Gasteiger partial charge in [-0.25, -0.2) is 4.79 Å². The molecule has 4 amide bonds. The second-order valence-corrected chi connectivity index (χ2v) is 6.31. The Morgan fingerprint density at radius 2 is 1.96 bits per heavy atom. The van der Waals surface area contributed by atoms with Crippen LogP contribution in [0.25, 0.3) is 0 Å². The molecular weight excluding hydrogens is 320 g/mol. The van der Waals surface area contributed by atoms with E-state index in [0.717, 1.165) is 23.6 Å². The minimum Gasteiger partial charge on any atom is -0.350 e. The van der Waals surface area contributed by atoms with Crippen LogP contribution in [0.1, 0.15) is 36.7 Å². The summed E-state index contributed by atoms with van der Waals surface area (Å²) >= 11 is 0. The van der Waals surface area contributed by atoms with Gasteiger partial charge >= 0.3 is 6.03 Å². The molecule has 0 aliphatic carbocycles. The number of benzene rings is 1. The highest BCUT2D eigenvalue weighted by Gasteiger charge is 2.27. The Labute approximate surface area is 148 Å². The maximum atomic E-state index is 12.2. The minimum absolute atomic E-state index is 0.0272. The molecule has 0 saturated carbocycles. The lowest BCUT2D eigenvalue weighted by molar-refractivity contribution is -0.124. The lowest BCUT2D eigenvalue weighted by Gasteiger charge is -2.24. The van der Waals surface area contributed by atoms with Crippen molar-refractivity contribution in [3.05, 3.63) is 35.4 Å². The van der Waals surface area contributed by atoms with E-state index < -0.39 is 6.03 Å². The van der Waals surface area contributed by atoms with Crippen LogP contribution < -0.4 is 10.6 Å². The van der Waals surface area contributed by atoms with E-state index in [1.165, 1.54) is 0 Å². The van der Waals surface area contributed by atoms with Gasteiger partial charge in [0, 0.05) is 31.2 Å². The van der Waals surface area contributed by atoms with Gasteiger partial charge in [-0.1, -0.05) is 19.1 Å². The van der Waals surface area contributed by atoms with Gasteiger partial charge in [0.05, 0.1) is 6.54 Å². The number of amides is 4. The molecule has 1 aromatic carbocycles. The lowest BCUT2D eigenvalue weighted by atomic mass is 10.1. The number of nitrogens with one attached hydrogen (secondary N) is 2. The van der Waals surface area contributed by atoms with E-state index >= 15 is 0 Å². The van der Waals surface area contributed by atoms with Crippen molar-refractivity contribution >= 4 is 17.8 Å². The monoisotopic (exact) mass is 346 g/mol. The number of hydrogen-bond donors (Lipinski definition) is 2. The van der Waals surface area contributed by atoms with Crippen LogP contribution in [0.2, 0.25) is 0 Å². The van der Waals surface area contributed by atoms with E-state index in [4.69, 9.17) is 0 Å². The predicted molar refractivity (Wildman–Crippen MR) is 95.1 cm³/mol. The van der Waals surface area contributed by atoms with Gasteiger partial charge in [-0.05, 0) is 38.1 Å². The molecule has 1 saturated heterocycles. The van der Waals surface area contributed by atoms with E-state index in [2.05, 4.69) is 36.3 Å². The summed E-state index contributed by atoms with van der Waals surface area (Å²) in [6.45, 7) is 8.72. The van der Waals surface area contributed by atoms with Crippen molar-refractivity contribution < 1.29 is 14.4 Å². The standard InChI is InChI=1S/C18H26N4O3/c1-4-21(13(2)3)12-14-5-7-15(8-6-14)17(24)19-9-10-22-16(23)11-20-18(22)25/h5-8,13H,4,9-12H2,1-3H3,(H,19,24)(H,20,25). The number of rotatable bonds is 8. The van der Waals surface area contributed by atoms with Gasteiger partial charge in [0.25, 0.3) is 5.91 Å². The zero-order chi connectivity index (χ0) is 18.4. The molecule has 25 heavy (non-hydrogen) atoms. The molecule has 1 heterocycles. The van der Waals surface area contributed by atoms with Gasteiger partial charge in [0.15, 0.2) is 0 Å². The Morgan fingerprint density at radius 1 is 1.28 bits per heavy atom. The maximum absolute atomic E-state index is 12.2. The van der Waals surface area contributed by atoms with Gasteiger partial charge in [0.1, 0.15) is 0 Å². The second kappa shape index (κ2) is 8.62. The first-order chi connectivity index (χ1) is 11.9. The van der Waals surface area contributed by atoms with Gasteiger partial charge in [-0.15, -0.1) is 0 Å².